The van der Waals surface area contributed by atoms with Gasteiger partial charge in [-0.15, -0.1) is 0 Å². The number of pyridine rings is 1. The van der Waals surface area contributed by atoms with Gasteiger partial charge in [0.2, 0.25) is 5.91 Å². The molecule has 3 aromatic rings. The van der Waals surface area contributed by atoms with E-state index in [4.69, 9.17) is 9.72 Å². The minimum Gasteiger partial charge on any atom is -0.372 e. The van der Waals surface area contributed by atoms with Gasteiger partial charge < -0.3 is 9.64 Å². The van der Waals surface area contributed by atoms with Crippen LogP contribution < -0.4 is 0 Å². The van der Waals surface area contributed by atoms with Crippen molar-refractivity contribution in [2.75, 3.05) is 18.8 Å². The lowest BCUT2D eigenvalue weighted by atomic mass is 10.1. The molecule has 0 unspecified atom stereocenters. The highest BCUT2D eigenvalue weighted by Gasteiger charge is 2.26. The number of fused-ring (bicyclic) bond motifs is 3. The Morgan fingerprint density at radius 3 is 2.72 bits per heavy atom. The first kappa shape index (κ1) is 19.7. The Hall–Kier alpha value is -2.56. The van der Waals surface area contributed by atoms with Gasteiger partial charge >= 0.3 is 0 Å². The molecular weight excluding hydrogens is 384 g/mol. The van der Waals surface area contributed by atoms with E-state index in [0.29, 0.717) is 30.1 Å². The summed E-state index contributed by atoms with van der Waals surface area (Å²) in [7, 11) is 0. The molecule has 0 saturated carbocycles. The Balaban J connectivity index is 1.70. The molecule has 1 aliphatic heterocycles. The van der Waals surface area contributed by atoms with Gasteiger partial charge in [-0.3, -0.25) is 9.20 Å². The van der Waals surface area contributed by atoms with Crippen LogP contribution in [0, 0.1) is 11.3 Å². The van der Waals surface area contributed by atoms with Gasteiger partial charge in [-0.25, -0.2) is 4.98 Å². The summed E-state index contributed by atoms with van der Waals surface area (Å²) in [5, 5.41) is 10.7. The van der Waals surface area contributed by atoms with Crippen molar-refractivity contribution in [1.82, 2.24) is 14.3 Å². The average molecular weight is 409 g/mol. The molecule has 1 saturated heterocycles. The van der Waals surface area contributed by atoms with Crippen LogP contribution in [0.15, 0.2) is 35.4 Å². The molecule has 4 rings (SSSR count). The van der Waals surface area contributed by atoms with Crippen molar-refractivity contribution in [1.29, 1.82) is 5.26 Å². The van der Waals surface area contributed by atoms with Gasteiger partial charge in [0.1, 0.15) is 6.07 Å². The first-order chi connectivity index (χ1) is 14.0. The SMILES string of the molecule is CCc1cc(SCC(=O)N2C[C@@H](C)O[C@@H](C)C2)n2c(nc3ccccc32)c1C#N. The first-order valence-corrected chi connectivity index (χ1v) is 10.9. The van der Waals surface area contributed by atoms with Crippen LogP contribution in [0.5, 0.6) is 0 Å². The Morgan fingerprint density at radius 2 is 2.03 bits per heavy atom. The second kappa shape index (κ2) is 8.05. The summed E-state index contributed by atoms with van der Waals surface area (Å²) >= 11 is 1.50. The first-order valence-electron chi connectivity index (χ1n) is 9.91. The van der Waals surface area contributed by atoms with Crippen LogP contribution in [0.25, 0.3) is 16.7 Å². The third-order valence-corrected chi connectivity index (χ3v) is 6.22. The quantitative estimate of drug-likeness (QED) is 0.616. The zero-order valence-electron chi connectivity index (χ0n) is 16.9. The minimum absolute atomic E-state index is 0.0543. The number of nitriles is 1. The summed E-state index contributed by atoms with van der Waals surface area (Å²) in [6.07, 6.45) is 0.847. The average Bonchev–Trinajstić information content (AvgIpc) is 3.10. The highest BCUT2D eigenvalue weighted by atomic mass is 32.2. The Morgan fingerprint density at radius 1 is 1.31 bits per heavy atom. The molecule has 0 radical (unpaired) electrons. The number of hydrogen-bond donors (Lipinski definition) is 0. The van der Waals surface area contributed by atoms with E-state index in [1.165, 1.54) is 11.8 Å². The fourth-order valence-corrected chi connectivity index (χ4v) is 4.95. The number of nitrogens with zero attached hydrogens (tertiary/aromatic N) is 4. The highest BCUT2D eigenvalue weighted by molar-refractivity contribution is 7.99. The van der Waals surface area contributed by atoms with Gasteiger partial charge in [-0.1, -0.05) is 30.8 Å². The third kappa shape index (κ3) is 3.70. The predicted octanol–water partition coefficient (Wildman–Crippen LogP) is 3.65. The van der Waals surface area contributed by atoms with Crippen molar-refractivity contribution in [3.63, 3.8) is 0 Å². The second-order valence-corrected chi connectivity index (χ2v) is 8.45. The van der Waals surface area contributed by atoms with E-state index in [-0.39, 0.29) is 18.1 Å². The van der Waals surface area contributed by atoms with Crippen molar-refractivity contribution in [2.24, 2.45) is 0 Å². The van der Waals surface area contributed by atoms with Gasteiger partial charge in [-0.05, 0) is 44.0 Å². The van der Waals surface area contributed by atoms with Crippen LogP contribution in [0.2, 0.25) is 0 Å². The van der Waals surface area contributed by atoms with Crippen LogP contribution >= 0.6 is 11.8 Å². The van der Waals surface area contributed by atoms with Crippen LogP contribution in [0.3, 0.4) is 0 Å². The van der Waals surface area contributed by atoms with Crippen LogP contribution in [-0.4, -0.2) is 51.2 Å². The number of morpholine rings is 1. The lowest BCUT2D eigenvalue weighted by molar-refractivity contribution is -0.140. The Bertz CT molecular complexity index is 1110. The lowest BCUT2D eigenvalue weighted by Gasteiger charge is -2.35. The van der Waals surface area contributed by atoms with Crippen molar-refractivity contribution in [2.45, 2.75) is 44.4 Å². The van der Waals surface area contributed by atoms with Crippen molar-refractivity contribution >= 4 is 34.3 Å². The highest BCUT2D eigenvalue weighted by Crippen LogP contribution is 2.30. The number of rotatable bonds is 4. The maximum absolute atomic E-state index is 12.9. The van der Waals surface area contributed by atoms with Crippen LogP contribution in [0.4, 0.5) is 0 Å². The molecule has 3 heterocycles. The molecule has 0 spiro atoms. The molecule has 2 aromatic heterocycles. The van der Waals surface area contributed by atoms with Gasteiger partial charge in [0, 0.05) is 13.1 Å². The standard InChI is InChI=1S/C22H24N4O2S/c1-4-16-9-21(29-13-20(27)25-11-14(2)28-15(3)12-25)26-19-8-6-5-7-18(19)24-22(26)17(16)10-23/h5-9,14-15H,4,11-13H2,1-3H3/t14-,15+. The molecule has 150 valence electrons. The van der Waals surface area contributed by atoms with Crippen molar-refractivity contribution in [3.8, 4) is 6.07 Å². The summed E-state index contributed by atoms with van der Waals surface area (Å²) in [4.78, 5) is 19.4. The molecular formula is C22H24N4O2S. The number of aromatic nitrogens is 2. The Labute approximate surface area is 174 Å². The number of thioether (sulfide) groups is 1. The molecule has 1 aliphatic rings. The number of imidazole rings is 1. The summed E-state index contributed by atoms with van der Waals surface area (Å²) in [6, 6.07) is 12.2. The maximum Gasteiger partial charge on any atom is 0.233 e. The predicted molar refractivity (Wildman–Crippen MR) is 114 cm³/mol. The molecule has 6 nitrogen and oxygen atoms in total. The second-order valence-electron chi connectivity index (χ2n) is 7.45. The summed E-state index contributed by atoms with van der Waals surface area (Å²) in [6.45, 7) is 7.28. The number of para-hydroxylation sites is 2. The number of ether oxygens (including phenoxy) is 1. The topological polar surface area (TPSA) is 70.6 Å². The van der Waals surface area contributed by atoms with E-state index in [0.717, 1.165) is 28.0 Å². The zero-order valence-corrected chi connectivity index (χ0v) is 17.7. The van der Waals surface area contributed by atoms with E-state index in [1.807, 2.05) is 60.4 Å². The van der Waals surface area contributed by atoms with Crippen LogP contribution in [-0.2, 0) is 16.0 Å². The largest absolute Gasteiger partial charge is 0.372 e. The van der Waals surface area contributed by atoms with Gasteiger partial charge in [0.05, 0.1) is 39.6 Å². The molecule has 2 atom stereocenters. The lowest BCUT2D eigenvalue weighted by Crippen LogP contribution is -2.48. The minimum atomic E-state index is 0.0543. The third-order valence-electron chi connectivity index (χ3n) is 5.23. The molecule has 7 heteroatoms. The number of carbonyl (C=O) groups excluding carboxylic acids is 1. The monoisotopic (exact) mass is 408 g/mol. The molecule has 1 aromatic carbocycles. The zero-order chi connectivity index (χ0) is 20.5. The summed E-state index contributed by atoms with van der Waals surface area (Å²) < 4.78 is 7.75. The maximum atomic E-state index is 12.9. The number of hydrogen-bond acceptors (Lipinski definition) is 5. The van der Waals surface area contributed by atoms with E-state index in [2.05, 4.69) is 6.07 Å². The van der Waals surface area contributed by atoms with Crippen molar-refractivity contribution in [3.05, 3.63) is 41.5 Å². The smallest absolute Gasteiger partial charge is 0.233 e. The summed E-state index contributed by atoms with van der Waals surface area (Å²) in [5.74, 6) is 0.452. The fraction of sp³-hybridized carbons (Fsp3) is 0.409. The van der Waals surface area contributed by atoms with Gasteiger partial charge in [-0.2, -0.15) is 5.26 Å². The number of carbonyl (C=O) groups is 1. The van der Waals surface area contributed by atoms with E-state index < -0.39 is 0 Å². The molecule has 0 N–H and O–H groups in total. The van der Waals surface area contributed by atoms with Crippen LogP contribution in [0.1, 0.15) is 31.9 Å². The fourth-order valence-electron chi connectivity index (χ4n) is 3.96. The Kier molecular flexibility index (Phi) is 5.48. The van der Waals surface area contributed by atoms with E-state index in [1.54, 1.807) is 0 Å². The molecule has 1 fully saturated rings. The molecule has 0 bridgehead atoms. The number of benzene rings is 1. The number of amides is 1. The van der Waals surface area contributed by atoms with Gasteiger partial charge in [0.15, 0.2) is 5.65 Å². The van der Waals surface area contributed by atoms with E-state index in [9.17, 15) is 10.1 Å². The molecule has 0 aliphatic carbocycles. The van der Waals surface area contributed by atoms with Crippen molar-refractivity contribution < 1.29 is 9.53 Å². The molecule has 29 heavy (non-hydrogen) atoms. The molecule has 1 amide bonds. The van der Waals surface area contributed by atoms with E-state index >= 15 is 0 Å². The van der Waals surface area contributed by atoms with Gasteiger partial charge in [0.25, 0.3) is 0 Å². The summed E-state index contributed by atoms with van der Waals surface area (Å²) in [5.41, 5.74) is 4.03. The number of aryl methyl sites for hydroxylation is 1. The normalized spacial score (nSPS) is 19.6.